The van der Waals surface area contributed by atoms with Crippen molar-refractivity contribution in [3.63, 3.8) is 0 Å². The summed E-state index contributed by atoms with van der Waals surface area (Å²) in [6.07, 6.45) is 0.737. The number of carbonyl (C=O) groups excluding carboxylic acids is 1. The maximum absolute atomic E-state index is 11.8. The Morgan fingerprint density at radius 1 is 1.39 bits per heavy atom. The smallest absolute Gasteiger partial charge is 0.340 e. The first-order valence-electron chi connectivity index (χ1n) is 5.71. The molecule has 94 valence electrons. The van der Waals surface area contributed by atoms with Crippen LogP contribution in [0.4, 0.5) is 5.69 Å². The monoisotopic (exact) mass is 261 g/mol. The lowest BCUT2D eigenvalue weighted by atomic mass is 10.1. The number of thiophene rings is 1. The van der Waals surface area contributed by atoms with E-state index in [0.717, 1.165) is 12.0 Å². The number of benzene rings is 1. The Kier molecular flexibility index (Phi) is 3.99. The maximum Gasteiger partial charge on any atom is 0.340 e. The van der Waals surface area contributed by atoms with Gasteiger partial charge in [-0.1, -0.05) is 11.6 Å². The SMILES string of the molecule is Cc1ccc(N)c(C(=O)OCCc2ccsc2)c1. The predicted octanol–water partition coefficient (Wildman–Crippen LogP) is 3.04. The van der Waals surface area contributed by atoms with Crippen LogP contribution in [0.5, 0.6) is 0 Å². The molecule has 1 heterocycles. The Bertz CT molecular complexity index is 535. The Balaban J connectivity index is 1.93. The molecule has 1 aromatic carbocycles. The van der Waals surface area contributed by atoms with Crippen molar-refractivity contribution in [1.82, 2.24) is 0 Å². The van der Waals surface area contributed by atoms with Gasteiger partial charge in [0.25, 0.3) is 0 Å². The van der Waals surface area contributed by atoms with Gasteiger partial charge in [-0.3, -0.25) is 0 Å². The minimum absolute atomic E-state index is 0.355. The summed E-state index contributed by atoms with van der Waals surface area (Å²) in [5.74, 6) is -0.355. The van der Waals surface area contributed by atoms with Crippen LogP contribution in [0.25, 0.3) is 0 Å². The van der Waals surface area contributed by atoms with Gasteiger partial charge in [0, 0.05) is 12.1 Å². The average Bonchev–Trinajstić information content (AvgIpc) is 2.85. The summed E-state index contributed by atoms with van der Waals surface area (Å²) in [6.45, 7) is 2.30. The molecule has 0 bridgehead atoms. The van der Waals surface area contributed by atoms with Crippen molar-refractivity contribution in [2.75, 3.05) is 12.3 Å². The van der Waals surface area contributed by atoms with E-state index < -0.39 is 0 Å². The van der Waals surface area contributed by atoms with Crippen LogP contribution < -0.4 is 5.73 Å². The van der Waals surface area contributed by atoms with Gasteiger partial charge in [-0.05, 0) is 41.4 Å². The first-order valence-corrected chi connectivity index (χ1v) is 6.65. The second-order valence-electron chi connectivity index (χ2n) is 4.11. The van der Waals surface area contributed by atoms with E-state index in [4.69, 9.17) is 10.5 Å². The van der Waals surface area contributed by atoms with E-state index >= 15 is 0 Å². The molecule has 2 N–H and O–H groups in total. The average molecular weight is 261 g/mol. The van der Waals surface area contributed by atoms with E-state index in [0.29, 0.717) is 17.9 Å². The lowest BCUT2D eigenvalue weighted by Crippen LogP contribution is -2.10. The molecule has 0 aliphatic rings. The number of hydrogen-bond donors (Lipinski definition) is 1. The summed E-state index contributed by atoms with van der Waals surface area (Å²) < 4.78 is 5.22. The number of esters is 1. The summed E-state index contributed by atoms with van der Waals surface area (Å²) in [5.41, 5.74) is 8.84. The number of nitrogens with two attached hydrogens (primary N) is 1. The molecule has 0 saturated carbocycles. The third kappa shape index (κ3) is 3.11. The first kappa shape index (κ1) is 12.6. The van der Waals surface area contributed by atoms with Gasteiger partial charge < -0.3 is 10.5 Å². The van der Waals surface area contributed by atoms with Gasteiger partial charge in [0.15, 0.2) is 0 Å². The minimum Gasteiger partial charge on any atom is -0.462 e. The fourth-order valence-corrected chi connectivity index (χ4v) is 2.32. The highest BCUT2D eigenvalue weighted by Gasteiger charge is 2.11. The highest BCUT2D eigenvalue weighted by atomic mass is 32.1. The van der Waals surface area contributed by atoms with E-state index in [1.165, 1.54) is 5.56 Å². The van der Waals surface area contributed by atoms with Crippen molar-refractivity contribution >= 4 is 23.0 Å². The molecule has 0 radical (unpaired) electrons. The van der Waals surface area contributed by atoms with Gasteiger partial charge in [0.1, 0.15) is 0 Å². The zero-order chi connectivity index (χ0) is 13.0. The summed E-state index contributed by atoms with van der Waals surface area (Å²) in [7, 11) is 0. The molecule has 0 atom stereocenters. The molecule has 0 amide bonds. The molecule has 3 nitrogen and oxygen atoms in total. The van der Waals surface area contributed by atoms with Crippen molar-refractivity contribution in [1.29, 1.82) is 0 Å². The second kappa shape index (κ2) is 5.69. The van der Waals surface area contributed by atoms with E-state index in [9.17, 15) is 4.79 Å². The van der Waals surface area contributed by atoms with E-state index in [2.05, 4.69) is 5.38 Å². The Morgan fingerprint density at radius 3 is 2.94 bits per heavy atom. The first-order chi connectivity index (χ1) is 8.66. The van der Waals surface area contributed by atoms with Crippen LogP contribution in [0.1, 0.15) is 21.5 Å². The molecule has 4 heteroatoms. The quantitative estimate of drug-likeness (QED) is 0.680. The topological polar surface area (TPSA) is 52.3 Å². The fourth-order valence-electron chi connectivity index (χ4n) is 1.62. The fraction of sp³-hybridized carbons (Fsp3) is 0.214. The minimum atomic E-state index is -0.355. The summed E-state index contributed by atoms with van der Waals surface area (Å²) >= 11 is 1.64. The number of aryl methyl sites for hydroxylation is 1. The normalized spacial score (nSPS) is 10.3. The summed E-state index contributed by atoms with van der Waals surface area (Å²) in [4.78, 5) is 11.8. The number of rotatable bonds is 4. The lowest BCUT2D eigenvalue weighted by molar-refractivity contribution is 0.0510. The lowest BCUT2D eigenvalue weighted by Gasteiger charge is -2.07. The number of anilines is 1. The Hall–Kier alpha value is -1.81. The van der Waals surface area contributed by atoms with Crippen LogP contribution in [0, 0.1) is 6.92 Å². The largest absolute Gasteiger partial charge is 0.462 e. The third-order valence-electron chi connectivity index (χ3n) is 2.63. The predicted molar refractivity (Wildman–Crippen MR) is 73.9 cm³/mol. The van der Waals surface area contributed by atoms with Crippen molar-refractivity contribution in [3.05, 3.63) is 51.7 Å². The van der Waals surface area contributed by atoms with Gasteiger partial charge in [0.2, 0.25) is 0 Å². The molecule has 0 aliphatic heterocycles. The van der Waals surface area contributed by atoms with E-state index in [1.54, 1.807) is 23.5 Å². The maximum atomic E-state index is 11.8. The van der Waals surface area contributed by atoms with Crippen molar-refractivity contribution < 1.29 is 9.53 Å². The molecule has 0 spiro atoms. The van der Waals surface area contributed by atoms with Crippen molar-refractivity contribution in [2.45, 2.75) is 13.3 Å². The number of nitrogen functional groups attached to an aromatic ring is 1. The zero-order valence-corrected chi connectivity index (χ0v) is 11.0. The number of hydrogen-bond acceptors (Lipinski definition) is 4. The van der Waals surface area contributed by atoms with Crippen LogP contribution >= 0.6 is 11.3 Å². The van der Waals surface area contributed by atoms with E-state index in [1.807, 2.05) is 24.4 Å². The van der Waals surface area contributed by atoms with Crippen LogP contribution in [0.15, 0.2) is 35.0 Å². The van der Waals surface area contributed by atoms with Crippen LogP contribution in [0.2, 0.25) is 0 Å². The molecule has 0 unspecified atom stereocenters. The number of carbonyl (C=O) groups is 1. The van der Waals surface area contributed by atoms with Gasteiger partial charge in [-0.2, -0.15) is 11.3 Å². The Morgan fingerprint density at radius 2 is 2.22 bits per heavy atom. The second-order valence-corrected chi connectivity index (χ2v) is 4.89. The van der Waals surface area contributed by atoms with Gasteiger partial charge in [-0.25, -0.2) is 4.79 Å². The van der Waals surface area contributed by atoms with Crippen molar-refractivity contribution in [3.8, 4) is 0 Å². The third-order valence-corrected chi connectivity index (χ3v) is 3.36. The molecule has 0 saturated heterocycles. The van der Waals surface area contributed by atoms with Crippen LogP contribution in [-0.2, 0) is 11.2 Å². The summed E-state index contributed by atoms with van der Waals surface area (Å²) in [6, 6.07) is 7.38. The molecule has 18 heavy (non-hydrogen) atoms. The number of ether oxygens (including phenoxy) is 1. The van der Waals surface area contributed by atoms with Crippen LogP contribution in [-0.4, -0.2) is 12.6 Å². The van der Waals surface area contributed by atoms with Gasteiger partial charge in [0.05, 0.1) is 12.2 Å². The van der Waals surface area contributed by atoms with Gasteiger partial charge in [-0.15, -0.1) is 0 Å². The molecule has 2 rings (SSSR count). The summed E-state index contributed by atoms with van der Waals surface area (Å²) in [5, 5.41) is 4.06. The molecule has 2 aromatic rings. The molecule has 0 aliphatic carbocycles. The Labute approximate surface area is 110 Å². The van der Waals surface area contributed by atoms with E-state index in [-0.39, 0.29) is 5.97 Å². The highest BCUT2D eigenvalue weighted by Crippen LogP contribution is 2.15. The molecular weight excluding hydrogens is 246 g/mol. The standard InChI is InChI=1S/C14H15NO2S/c1-10-2-3-13(15)12(8-10)14(16)17-6-4-11-5-7-18-9-11/h2-3,5,7-9H,4,6,15H2,1H3. The van der Waals surface area contributed by atoms with Crippen LogP contribution in [0.3, 0.4) is 0 Å². The zero-order valence-electron chi connectivity index (χ0n) is 10.2. The van der Waals surface area contributed by atoms with Crippen molar-refractivity contribution in [2.24, 2.45) is 0 Å². The molecular formula is C14H15NO2S. The van der Waals surface area contributed by atoms with Gasteiger partial charge >= 0.3 is 5.97 Å². The molecule has 0 fully saturated rings. The highest BCUT2D eigenvalue weighted by molar-refractivity contribution is 7.07. The molecule has 1 aromatic heterocycles.